The van der Waals surface area contributed by atoms with E-state index in [9.17, 15) is 4.79 Å². The lowest BCUT2D eigenvalue weighted by Gasteiger charge is -2.10. The smallest absolute Gasteiger partial charge is 0.352 e. The van der Waals surface area contributed by atoms with E-state index in [2.05, 4.69) is 0 Å². The molecule has 2 rings (SSSR count). The van der Waals surface area contributed by atoms with Gasteiger partial charge in [0.15, 0.2) is 0 Å². The molecule has 3 heteroatoms. The van der Waals surface area contributed by atoms with Crippen LogP contribution in [-0.2, 0) is 13.0 Å². The van der Waals surface area contributed by atoms with Crippen molar-refractivity contribution >= 4 is 5.97 Å². The number of rotatable bonds is 4. The van der Waals surface area contributed by atoms with Crippen molar-refractivity contribution in [1.82, 2.24) is 4.57 Å². The monoisotopic (exact) mass is 229 g/mol. The summed E-state index contributed by atoms with van der Waals surface area (Å²) >= 11 is 0. The zero-order valence-corrected chi connectivity index (χ0v) is 9.76. The van der Waals surface area contributed by atoms with Gasteiger partial charge in [0.25, 0.3) is 0 Å². The number of carboxylic acid groups (broad SMARTS) is 1. The molecule has 0 radical (unpaired) electrons. The number of hydrogen-bond acceptors (Lipinski definition) is 1. The van der Waals surface area contributed by atoms with Crippen molar-refractivity contribution in [3.8, 4) is 0 Å². The van der Waals surface area contributed by atoms with Crippen LogP contribution in [0.25, 0.3) is 0 Å². The first-order chi connectivity index (χ1) is 8.22. The lowest BCUT2D eigenvalue weighted by molar-refractivity contribution is 0.0685. The van der Waals surface area contributed by atoms with E-state index in [0.717, 1.165) is 17.7 Å². The Labute approximate surface area is 100 Å². The van der Waals surface area contributed by atoms with E-state index in [-0.39, 0.29) is 0 Å². The van der Waals surface area contributed by atoms with Gasteiger partial charge in [-0.1, -0.05) is 37.3 Å². The Balaban J connectivity index is 2.37. The number of aryl methyl sites for hydroxylation is 1. The largest absolute Gasteiger partial charge is 0.477 e. The molecule has 0 bridgehead atoms. The molecule has 0 amide bonds. The van der Waals surface area contributed by atoms with Crippen LogP contribution >= 0.6 is 0 Å². The number of carboxylic acids is 1. The van der Waals surface area contributed by atoms with Gasteiger partial charge in [-0.25, -0.2) is 4.79 Å². The van der Waals surface area contributed by atoms with Crippen LogP contribution in [-0.4, -0.2) is 15.6 Å². The van der Waals surface area contributed by atoms with Gasteiger partial charge < -0.3 is 9.67 Å². The Morgan fingerprint density at radius 2 is 1.88 bits per heavy atom. The Hall–Kier alpha value is -2.03. The second-order valence-electron chi connectivity index (χ2n) is 3.94. The zero-order chi connectivity index (χ0) is 12.3. The first-order valence-electron chi connectivity index (χ1n) is 5.68. The molecule has 17 heavy (non-hydrogen) atoms. The van der Waals surface area contributed by atoms with E-state index in [1.807, 2.05) is 47.9 Å². The number of aromatic nitrogens is 1. The predicted molar refractivity (Wildman–Crippen MR) is 66.3 cm³/mol. The van der Waals surface area contributed by atoms with Crippen molar-refractivity contribution in [2.24, 2.45) is 0 Å². The van der Waals surface area contributed by atoms with Crippen LogP contribution in [0.15, 0.2) is 42.5 Å². The van der Waals surface area contributed by atoms with Crippen molar-refractivity contribution in [3.63, 3.8) is 0 Å². The summed E-state index contributed by atoms with van der Waals surface area (Å²) in [5.74, 6) is -0.874. The zero-order valence-electron chi connectivity index (χ0n) is 9.76. The number of benzene rings is 1. The van der Waals surface area contributed by atoms with Crippen LogP contribution in [0.1, 0.15) is 28.7 Å². The third kappa shape index (κ3) is 2.38. The Morgan fingerprint density at radius 1 is 1.18 bits per heavy atom. The summed E-state index contributed by atoms with van der Waals surface area (Å²) < 4.78 is 1.86. The first kappa shape index (κ1) is 11.5. The predicted octanol–water partition coefficient (Wildman–Crippen LogP) is 2.80. The number of hydrogen-bond donors (Lipinski definition) is 1. The minimum Gasteiger partial charge on any atom is -0.477 e. The van der Waals surface area contributed by atoms with E-state index in [4.69, 9.17) is 5.11 Å². The number of nitrogens with zero attached hydrogens (tertiary/aromatic N) is 1. The van der Waals surface area contributed by atoms with Crippen LogP contribution in [0.4, 0.5) is 0 Å². The molecule has 0 spiro atoms. The highest BCUT2D eigenvalue weighted by Gasteiger charge is 2.12. The van der Waals surface area contributed by atoms with Crippen LogP contribution < -0.4 is 0 Å². The van der Waals surface area contributed by atoms with Crippen LogP contribution in [0.5, 0.6) is 0 Å². The SMILES string of the molecule is CCc1ccc(C(=O)O)n1Cc1ccccc1. The van der Waals surface area contributed by atoms with Crippen molar-refractivity contribution < 1.29 is 9.90 Å². The molecule has 0 saturated heterocycles. The van der Waals surface area contributed by atoms with Crippen LogP contribution in [0.2, 0.25) is 0 Å². The molecule has 0 unspecified atom stereocenters. The summed E-state index contributed by atoms with van der Waals surface area (Å²) in [6.07, 6.45) is 0.833. The van der Waals surface area contributed by atoms with Gasteiger partial charge in [-0.3, -0.25) is 0 Å². The Morgan fingerprint density at radius 3 is 2.47 bits per heavy atom. The number of aromatic carboxylic acids is 1. The van der Waals surface area contributed by atoms with Crippen molar-refractivity contribution in [2.45, 2.75) is 19.9 Å². The molecular weight excluding hydrogens is 214 g/mol. The van der Waals surface area contributed by atoms with Crippen molar-refractivity contribution in [1.29, 1.82) is 0 Å². The van der Waals surface area contributed by atoms with Gasteiger partial charge in [0.05, 0.1) is 0 Å². The summed E-state index contributed by atoms with van der Waals surface area (Å²) in [5.41, 5.74) is 2.51. The number of carbonyl (C=O) groups is 1. The van der Waals surface area contributed by atoms with Crippen molar-refractivity contribution in [3.05, 3.63) is 59.4 Å². The quantitative estimate of drug-likeness (QED) is 0.876. The van der Waals surface area contributed by atoms with Gasteiger partial charge in [0.1, 0.15) is 5.69 Å². The second kappa shape index (κ2) is 4.87. The summed E-state index contributed by atoms with van der Waals surface area (Å²) in [5, 5.41) is 9.13. The molecule has 2 aromatic rings. The average Bonchev–Trinajstić information content (AvgIpc) is 2.73. The fourth-order valence-corrected chi connectivity index (χ4v) is 1.96. The summed E-state index contributed by atoms with van der Waals surface area (Å²) in [6.45, 7) is 2.64. The molecule has 1 aromatic heterocycles. The molecule has 3 nitrogen and oxygen atoms in total. The third-order valence-electron chi connectivity index (χ3n) is 2.84. The summed E-state index contributed by atoms with van der Waals surface area (Å²) in [4.78, 5) is 11.1. The molecule has 1 heterocycles. The average molecular weight is 229 g/mol. The van der Waals surface area contributed by atoms with Gasteiger partial charge in [-0.05, 0) is 24.1 Å². The van der Waals surface area contributed by atoms with Gasteiger partial charge in [-0.15, -0.1) is 0 Å². The Kier molecular flexibility index (Phi) is 3.28. The van der Waals surface area contributed by atoms with Crippen LogP contribution in [0.3, 0.4) is 0 Å². The lowest BCUT2D eigenvalue weighted by Crippen LogP contribution is -2.11. The van der Waals surface area contributed by atoms with E-state index in [0.29, 0.717) is 12.2 Å². The maximum atomic E-state index is 11.1. The molecule has 0 aliphatic heterocycles. The fraction of sp³-hybridized carbons (Fsp3) is 0.214. The second-order valence-corrected chi connectivity index (χ2v) is 3.94. The van der Waals surface area contributed by atoms with Crippen LogP contribution in [0, 0.1) is 0 Å². The molecule has 0 fully saturated rings. The standard InChI is InChI=1S/C14H15NO2/c1-2-12-8-9-13(14(16)17)15(12)10-11-6-4-3-5-7-11/h3-9H,2,10H2,1H3,(H,16,17). The molecule has 0 aliphatic rings. The van der Waals surface area contributed by atoms with Crippen molar-refractivity contribution in [2.75, 3.05) is 0 Å². The van der Waals surface area contributed by atoms with E-state index < -0.39 is 5.97 Å². The summed E-state index contributed by atoms with van der Waals surface area (Å²) in [7, 11) is 0. The topological polar surface area (TPSA) is 42.2 Å². The van der Waals surface area contributed by atoms with E-state index in [1.165, 1.54) is 0 Å². The highest BCUT2D eigenvalue weighted by molar-refractivity contribution is 5.86. The third-order valence-corrected chi connectivity index (χ3v) is 2.84. The minimum atomic E-state index is -0.874. The molecular formula is C14H15NO2. The first-order valence-corrected chi connectivity index (χ1v) is 5.68. The highest BCUT2D eigenvalue weighted by Crippen LogP contribution is 2.13. The normalized spacial score (nSPS) is 10.4. The molecule has 88 valence electrons. The van der Waals surface area contributed by atoms with Gasteiger partial charge in [-0.2, -0.15) is 0 Å². The molecule has 1 N–H and O–H groups in total. The summed E-state index contributed by atoms with van der Waals surface area (Å²) in [6, 6.07) is 13.4. The van der Waals surface area contributed by atoms with Gasteiger partial charge >= 0.3 is 5.97 Å². The molecule has 0 atom stereocenters. The van der Waals surface area contributed by atoms with E-state index in [1.54, 1.807) is 6.07 Å². The minimum absolute atomic E-state index is 0.353. The fourth-order valence-electron chi connectivity index (χ4n) is 1.96. The molecule has 0 saturated carbocycles. The molecule has 1 aromatic carbocycles. The maximum Gasteiger partial charge on any atom is 0.352 e. The van der Waals surface area contributed by atoms with E-state index >= 15 is 0 Å². The highest BCUT2D eigenvalue weighted by atomic mass is 16.4. The van der Waals surface area contributed by atoms with Gasteiger partial charge in [0, 0.05) is 12.2 Å². The maximum absolute atomic E-state index is 11.1. The van der Waals surface area contributed by atoms with Gasteiger partial charge in [0.2, 0.25) is 0 Å². The Bertz CT molecular complexity index is 514. The lowest BCUT2D eigenvalue weighted by atomic mass is 10.2. The molecule has 0 aliphatic carbocycles.